The molecule has 0 bridgehead atoms. The van der Waals surface area contributed by atoms with Gasteiger partial charge in [-0.15, -0.1) is 0 Å². The second-order valence-corrected chi connectivity index (χ2v) is 6.11. The van der Waals surface area contributed by atoms with E-state index < -0.39 is 5.54 Å². The van der Waals surface area contributed by atoms with Gasteiger partial charge < -0.3 is 4.74 Å². The molecule has 2 heterocycles. The first-order valence-corrected chi connectivity index (χ1v) is 7.92. The van der Waals surface area contributed by atoms with E-state index in [0.717, 1.165) is 32.4 Å². The van der Waals surface area contributed by atoms with Crippen LogP contribution in [0.3, 0.4) is 0 Å². The average Bonchev–Trinajstić information content (AvgIpc) is 3.13. The maximum Gasteiger partial charge on any atom is 0.202 e. The van der Waals surface area contributed by atoms with Gasteiger partial charge >= 0.3 is 0 Å². The number of hydrogen-bond acceptors (Lipinski definition) is 4. The standard InChI is InChI=1S/C15H24ClN3O2/c1-4-15(2,18-7-5-6-8-18)14(20)13-12(16)11-17-19(13)9-10-21-3/h11H,4-10H2,1-3H3. The summed E-state index contributed by atoms with van der Waals surface area (Å²) in [4.78, 5) is 15.4. The number of rotatable bonds is 7. The lowest BCUT2D eigenvalue weighted by Gasteiger charge is -2.36. The number of methoxy groups -OCH3 is 1. The number of nitrogens with zero attached hydrogens (tertiary/aromatic N) is 3. The van der Waals surface area contributed by atoms with Crippen molar-refractivity contribution in [2.45, 2.75) is 45.2 Å². The topological polar surface area (TPSA) is 47.4 Å². The van der Waals surface area contributed by atoms with Crippen LogP contribution in [0.15, 0.2) is 6.20 Å². The Balaban J connectivity index is 2.30. The lowest BCUT2D eigenvalue weighted by Crippen LogP contribution is -2.51. The molecule has 1 aliphatic heterocycles. The molecule has 1 saturated heterocycles. The van der Waals surface area contributed by atoms with Crippen molar-refractivity contribution in [1.29, 1.82) is 0 Å². The largest absolute Gasteiger partial charge is 0.383 e. The lowest BCUT2D eigenvalue weighted by molar-refractivity contribution is 0.0633. The van der Waals surface area contributed by atoms with Crippen LogP contribution in [0.1, 0.15) is 43.6 Å². The first-order chi connectivity index (χ1) is 10.0. The number of carbonyl (C=O) groups is 1. The molecule has 0 N–H and O–H groups in total. The Bertz CT molecular complexity index is 497. The van der Waals surface area contributed by atoms with Crippen LogP contribution in [0.5, 0.6) is 0 Å². The van der Waals surface area contributed by atoms with Gasteiger partial charge in [-0.2, -0.15) is 5.10 Å². The maximum atomic E-state index is 13.1. The van der Waals surface area contributed by atoms with Crippen LogP contribution in [-0.4, -0.2) is 52.8 Å². The van der Waals surface area contributed by atoms with Gasteiger partial charge in [0, 0.05) is 7.11 Å². The number of ketones is 1. The van der Waals surface area contributed by atoms with E-state index in [1.54, 1.807) is 18.0 Å². The second kappa shape index (κ2) is 6.90. The van der Waals surface area contributed by atoms with E-state index in [2.05, 4.69) is 16.9 Å². The van der Waals surface area contributed by atoms with Crippen LogP contribution in [0.25, 0.3) is 0 Å². The predicted octanol–water partition coefficient (Wildman–Crippen LogP) is 2.63. The maximum absolute atomic E-state index is 13.1. The van der Waals surface area contributed by atoms with Crippen LogP contribution in [0.2, 0.25) is 5.02 Å². The zero-order chi connectivity index (χ0) is 15.5. The molecule has 0 radical (unpaired) electrons. The number of Topliss-reactive ketones (excluding diaryl/α,β-unsaturated/α-hetero) is 1. The number of ether oxygens (including phenoxy) is 1. The van der Waals surface area contributed by atoms with E-state index >= 15 is 0 Å². The van der Waals surface area contributed by atoms with Gasteiger partial charge in [-0.25, -0.2) is 0 Å². The van der Waals surface area contributed by atoms with Crippen molar-refractivity contribution in [3.8, 4) is 0 Å². The molecule has 0 saturated carbocycles. The van der Waals surface area contributed by atoms with Gasteiger partial charge in [0.1, 0.15) is 5.69 Å². The highest BCUT2D eigenvalue weighted by Crippen LogP contribution is 2.30. The number of aromatic nitrogens is 2. The van der Waals surface area contributed by atoms with Gasteiger partial charge in [0.25, 0.3) is 0 Å². The van der Waals surface area contributed by atoms with E-state index in [-0.39, 0.29) is 5.78 Å². The van der Waals surface area contributed by atoms with Gasteiger partial charge in [-0.3, -0.25) is 14.4 Å². The minimum absolute atomic E-state index is 0.0607. The number of halogens is 1. The molecule has 1 atom stereocenters. The molecule has 118 valence electrons. The zero-order valence-electron chi connectivity index (χ0n) is 13.1. The summed E-state index contributed by atoms with van der Waals surface area (Å²) in [5.74, 6) is 0.0607. The van der Waals surface area contributed by atoms with Crippen LogP contribution >= 0.6 is 11.6 Å². The highest BCUT2D eigenvalue weighted by atomic mass is 35.5. The van der Waals surface area contributed by atoms with Crippen molar-refractivity contribution in [1.82, 2.24) is 14.7 Å². The molecule has 1 aromatic rings. The molecule has 0 aromatic carbocycles. The van der Waals surface area contributed by atoms with Gasteiger partial charge in [0.15, 0.2) is 0 Å². The summed E-state index contributed by atoms with van der Waals surface area (Å²) >= 11 is 6.22. The van der Waals surface area contributed by atoms with Gasteiger partial charge in [0.05, 0.1) is 29.9 Å². The number of hydrogen-bond donors (Lipinski definition) is 0. The third-order valence-corrected chi connectivity index (χ3v) is 4.78. The Labute approximate surface area is 131 Å². The third-order valence-electron chi connectivity index (χ3n) is 4.50. The Kier molecular flexibility index (Phi) is 5.41. The van der Waals surface area contributed by atoms with Crippen molar-refractivity contribution in [3.63, 3.8) is 0 Å². The fourth-order valence-electron chi connectivity index (χ4n) is 2.93. The fourth-order valence-corrected chi connectivity index (χ4v) is 3.16. The van der Waals surface area contributed by atoms with Crippen molar-refractivity contribution in [3.05, 3.63) is 16.9 Å². The summed E-state index contributed by atoms with van der Waals surface area (Å²) in [5.41, 5.74) is -0.00433. The van der Waals surface area contributed by atoms with E-state index in [0.29, 0.717) is 23.9 Å². The minimum Gasteiger partial charge on any atom is -0.383 e. The molecule has 2 rings (SSSR count). The minimum atomic E-state index is -0.509. The number of likely N-dealkylation sites (tertiary alicyclic amines) is 1. The van der Waals surface area contributed by atoms with Crippen LogP contribution in [-0.2, 0) is 11.3 Å². The fraction of sp³-hybridized carbons (Fsp3) is 0.733. The van der Waals surface area contributed by atoms with E-state index in [4.69, 9.17) is 16.3 Å². The first kappa shape index (κ1) is 16.5. The summed E-state index contributed by atoms with van der Waals surface area (Å²) < 4.78 is 6.74. The molecule has 0 spiro atoms. The Hall–Kier alpha value is -0.910. The summed E-state index contributed by atoms with van der Waals surface area (Å²) in [6, 6.07) is 0. The van der Waals surface area contributed by atoms with E-state index in [1.807, 2.05) is 6.92 Å². The van der Waals surface area contributed by atoms with Crippen molar-refractivity contribution < 1.29 is 9.53 Å². The quantitative estimate of drug-likeness (QED) is 0.726. The second-order valence-electron chi connectivity index (χ2n) is 5.71. The highest BCUT2D eigenvalue weighted by Gasteiger charge is 2.41. The molecular weight excluding hydrogens is 290 g/mol. The molecule has 1 unspecified atom stereocenters. The SMILES string of the molecule is CCC(C)(C(=O)c1c(Cl)cnn1CCOC)N1CCCC1. The molecule has 1 aliphatic rings. The Morgan fingerprint density at radius 3 is 2.71 bits per heavy atom. The molecule has 6 heteroatoms. The highest BCUT2D eigenvalue weighted by molar-refractivity contribution is 6.34. The molecule has 0 aliphatic carbocycles. The lowest BCUT2D eigenvalue weighted by atomic mass is 9.89. The first-order valence-electron chi connectivity index (χ1n) is 7.54. The van der Waals surface area contributed by atoms with Crippen molar-refractivity contribution in [2.75, 3.05) is 26.8 Å². The summed E-state index contributed by atoms with van der Waals surface area (Å²) in [6.45, 7) is 7.05. The zero-order valence-corrected chi connectivity index (χ0v) is 13.8. The van der Waals surface area contributed by atoms with Gasteiger partial charge in [0.2, 0.25) is 5.78 Å². The van der Waals surface area contributed by atoms with Crippen LogP contribution in [0, 0.1) is 0 Å². The van der Waals surface area contributed by atoms with Crippen LogP contribution in [0.4, 0.5) is 0 Å². The summed E-state index contributed by atoms with van der Waals surface area (Å²) in [7, 11) is 1.63. The normalized spacial score (nSPS) is 18.9. The molecule has 5 nitrogen and oxygen atoms in total. The molecule has 1 fully saturated rings. The monoisotopic (exact) mass is 313 g/mol. The predicted molar refractivity (Wildman–Crippen MR) is 82.9 cm³/mol. The van der Waals surface area contributed by atoms with Crippen molar-refractivity contribution >= 4 is 17.4 Å². The van der Waals surface area contributed by atoms with Gasteiger partial charge in [-0.1, -0.05) is 18.5 Å². The Morgan fingerprint density at radius 1 is 1.48 bits per heavy atom. The number of carbonyl (C=O) groups excluding carboxylic acids is 1. The van der Waals surface area contributed by atoms with Crippen molar-refractivity contribution in [2.24, 2.45) is 0 Å². The average molecular weight is 314 g/mol. The van der Waals surface area contributed by atoms with E-state index in [1.165, 1.54) is 0 Å². The van der Waals surface area contributed by atoms with Crippen LogP contribution < -0.4 is 0 Å². The van der Waals surface area contributed by atoms with Gasteiger partial charge in [-0.05, 0) is 39.3 Å². The third kappa shape index (κ3) is 3.15. The molecule has 21 heavy (non-hydrogen) atoms. The van der Waals surface area contributed by atoms with E-state index in [9.17, 15) is 4.79 Å². The molecular formula is C15H24ClN3O2. The Morgan fingerprint density at radius 2 is 2.14 bits per heavy atom. The molecule has 0 amide bonds. The summed E-state index contributed by atoms with van der Waals surface area (Å²) in [6.07, 6.45) is 4.61. The smallest absolute Gasteiger partial charge is 0.202 e. The molecule has 1 aromatic heterocycles. The summed E-state index contributed by atoms with van der Waals surface area (Å²) in [5, 5.41) is 4.64.